The van der Waals surface area contributed by atoms with Crippen LogP contribution in [0.25, 0.3) is 0 Å². The van der Waals surface area contributed by atoms with E-state index in [4.69, 9.17) is 23.7 Å². The summed E-state index contributed by atoms with van der Waals surface area (Å²) < 4.78 is 65.8. The van der Waals surface area contributed by atoms with Crippen LogP contribution < -0.4 is 29.1 Å². The predicted molar refractivity (Wildman–Crippen MR) is 137 cm³/mol. The summed E-state index contributed by atoms with van der Waals surface area (Å²) in [5.41, 5.74) is 0.954. The zero-order valence-electron chi connectivity index (χ0n) is 21.7. The van der Waals surface area contributed by atoms with Gasteiger partial charge in [-0.05, 0) is 55.0 Å². The average Bonchev–Trinajstić information content (AvgIpc) is 2.92. The Morgan fingerprint density at radius 3 is 2.15 bits per heavy atom. The van der Waals surface area contributed by atoms with E-state index in [1.165, 1.54) is 57.9 Å². The van der Waals surface area contributed by atoms with Crippen LogP contribution in [0.1, 0.15) is 28.4 Å². The lowest BCUT2D eigenvalue weighted by molar-refractivity contribution is -0.385. The molecule has 1 amide bonds. The first-order valence-electron chi connectivity index (χ1n) is 11.5. The summed E-state index contributed by atoms with van der Waals surface area (Å²) >= 11 is 0. The van der Waals surface area contributed by atoms with Crippen molar-refractivity contribution in [2.75, 3.05) is 27.9 Å². The highest BCUT2D eigenvalue weighted by Gasteiger charge is 2.33. The number of nitrogens with one attached hydrogen (secondary N) is 1. The minimum Gasteiger partial charge on any atom is -0.493 e. The lowest BCUT2D eigenvalue weighted by Gasteiger charge is -2.14. The summed E-state index contributed by atoms with van der Waals surface area (Å²) in [6.45, 7) is 1.87. The quantitative estimate of drug-likeness (QED) is 0.181. The number of nitrogens with zero attached hydrogens (tertiary/aromatic N) is 2. The van der Waals surface area contributed by atoms with Gasteiger partial charge in [0.25, 0.3) is 5.91 Å². The summed E-state index contributed by atoms with van der Waals surface area (Å²) in [4.78, 5) is 23.0. The Labute approximate surface area is 226 Å². The SMILES string of the molecule is CCOc1cc(/C=N/NC(=O)c2cc(OC)c(OC)c(OC)c2)ccc1Oc1ccc(C(F)(F)F)cc1[N+](=O)[O-]. The molecule has 3 rings (SSSR count). The van der Waals surface area contributed by atoms with E-state index in [2.05, 4.69) is 10.5 Å². The van der Waals surface area contributed by atoms with E-state index < -0.39 is 34.0 Å². The van der Waals surface area contributed by atoms with Gasteiger partial charge in [0.2, 0.25) is 11.5 Å². The highest BCUT2D eigenvalue weighted by Crippen LogP contribution is 2.40. The summed E-state index contributed by atoms with van der Waals surface area (Å²) in [6.07, 6.45) is -3.45. The molecule has 0 saturated carbocycles. The number of nitro groups is 1. The minimum atomic E-state index is -4.76. The zero-order chi connectivity index (χ0) is 29.4. The van der Waals surface area contributed by atoms with Gasteiger partial charge in [-0.1, -0.05) is 0 Å². The Morgan fingerprint density at radius 2 is 1.60 bits per heavy atom. The van der Waals surface area contributed by atoms with E-state index in [0.29, 0.717) is 23.4 Å². The predicted octanol–water partition coefficient (Wildman–Crippen LogP) is 5.59. The topological polar surface area (TPSA) is 131 Å². The van der Waals surface area contributed by atoms with E-state index in [1.54, 1.807) is 6.92 Å². The molecule has 0 radical (unpaired) electrons. The standard InChI is InChI=1S/C26H24F3N3O8/c1-5-39-21-10-15(14-30-31-25(33)16-11-22(36-2)24(38-4)23(12-16)37-3)6-8-20(21)40-19-9-7-17(26(27,28)29)13-18(19)32(34)35/h6-14H,5H2,1-4H3,(H,31,33)/b30-14+. The molecule has 212 valence electrons. The summed E-state index contributed by atoms with van der Waals surface area (Å²) in [5.74, 6) is 0.0489. The van der Waals surface area contributed by atoms with E-state index in [1.807, 2.05) is 0 Å². The molecule has 1 N–H and O–H groups in total. The molecule has 14 heteroatoms. The molecule has 0 atom stereocenters. The van der Waals surface area contributed by atoms with Gasteiger partial charge in [-0.15, -0.1) is 0 Å². The highest BCUT2D eigenvalue weighted by atomic mass is 19.4. The third-order valence-electron chi connectivity index (χ3n) is 5.28. The number of methoxy groups -OCH3 is 3. The van der Waals surface area contributed by atoms with Gasteiger partial charge in [-0.25, -0.2) is 5.43 Å². The minimum absolute atomic E-state index is 0.0170. The van der Waals surface area contributed by atoms with E-state index in [-0.39, 0.29) is 35.2 Å². The molecular weight excluding hydrogens is 539 g/mol. The number of alkyl halides is 3. The third kappa shape index (κ3) is 6.89. The first kappa shape index (κ1) is 29.5. The second kappa shape index (κ2) is 12.7. The van der Waals surface area contributed by atoms with Crippen LogP contribution >= 0.6 is 0 Å². The number of amides is 1. The first-order chi connectivity index (χ1) is 19.0. The molecule has 0 fully saturated rings. The smallest absolute Gasteiger partial charge is 0.416 e. The van der Waals surface area contributed by atoms with Gasteiger partial charge in [-0.2, -0.15) is 18.3 Å². The Bertz CT molecular complexity index is 1400. The van der Waals surface area contributed by atoms with Gasteiger partial charge in [0.15, 0.2) is 23.0 Å². The number of hydrogen-bond acceptors (Lipinski definition) is 9. The lowest BCUT2D eigenvalue weighted by atomic mass is 10.1. The van der Waals surface area contributed by atoms with Crippen molar-refractivity contribution in [3.05, 3.63) is 75.3 Å². The largest absolute Gasteiger partial charge is 0.493 e. The van der Waals surface area contributed by atoms with Crippen LogP contribution in [0, 0.1) is 10.1 Å². The van der Waals surface area contributed by atoms with E-state index >= 15 is 0 Å². The van der Waals surface area contributed by atoms with Crippen molar-refractivity contribution in [3.8, 4) is 34.5 Å². The Balaban J connectivity index is 1.82. The van der Waals surface area contributed by atoms with Crippen molar-refractivity contribution in [3.63, 3.8) is 0 Å². The van der Waals surface area contributed by atoms with Gasteiger partial charge in [-0.3, -0.25) is 14.9 Å². The molecule has 0 aliphatic heterocycles. The summed E-state index contributed by atoms with van der Waals surface area (Å²) in [5, 5.41) is 15.3. The molecule has 0 aromatic heterocycles. The molecule has 0 heterocycles. The van der Waals surface area contributed by atoms with Crippen molar-refractivity contribution >= 4 is 17.8 Å². The van der Waals surface area contributed by atoms with Crippen LogP contribution in [-0.4, -0.2) is 45.0 Å². The fourth-order valence-electron chi connectivity index (χ4n) is 3.44. The maximum absolute atomic E-state index is 13.0. The van der Waals surface area contributed by atoms with Crippen LogP contribution in [-0.2, 0) is 6.18 Å². The van der Waals surface area contributed by atoms with E-state index in [9.17, 15) is 28.1 Å². The molecule has 0 unspecified atom stereocenters. The van der Waals surface area contributed by atoms with Crippen molar-refractivity contribution in [1.82, 2.24) is 5.43 Å². The number of carbonyl (C=O) groups is 1. The van der Waals surface area contributed by atoms with Crippen LogP contribution in [0.15, 0.2) is 53.6 Å². The molecule has 0 aliphatic carbocycles. The van der Waals surface area contributed by atoms with Crippen LogP contribution in [0.4, 0.5) is 18.9 Å². The number of hydrogen-bond donors (Lipinski definition) is 1. The van der Waals surface area contributed by atoms with Gasteiger partial charge < -0.3 is 23.7 Å². The van der Waals surface area contributed by atoms with Crippen molar-refractivity contribution in [2.24, 2.45) is 5.10 Å². The van der Waals surface area contributed by atoms with Crippen molar-refractivity contribution < 1.29 is 46.6 Å². The van der Waals surface area contributed by atoms with E-state index in [0.717, 1.165) is 6.07 Å². The summed E-state index contributed by atoms with van der Waals surface area (Å²) in [7, 11) is 4.26. The number of benzene rings is 3. The number of nitro benzene ring substituents is 1. The monoisotopic (exact) mass is 563 g/mol. The first-order valence-corrected chi connectivity index (χ1v) is 11.5. The van der Waals surface area contributed by atoms with Crippen LogP contribution in [0.3, 0.4) is 0 Å². The molecule has 3 aromatic carbocycles. The second-order valence-corrected chi connectivity index (χ2v) is 7.79. The van der Waals surface area contributed by atoms with Gasteiger partial charge in [0.1, 0.15) is 0 Å². The molecule has 0 bridgehead atoms. The fourth-order valence-corrected chi connectivity index (χ4v) is 3.44. The molecule has 40 heavy (non-hydrogen) atoms. The molecule has 0 saturated heterocycles. The molecule has 11 nitrogen and oxygen atoms in total. The Morgan fingerprint density at radius 1 is 0.950 bits per heavy atom. The molecule has 3 aromatic rings. The number of ether oxygens (including phenoxy) is 5. The molecular formula is C26H24F3N3O8. The number of hydrazone groups is 1. The van der Waals surface area contributed by atoms with Crippen LogP contribution in [0.2, 0.25) is 0 Å². The van der Waals surface area contributed by atoms with Gasteiger partial charge in [0, 0.05) is 11.6 Å². The van der Waals surface area contributed by atoms with Crippen LogP contribution in [0.5, 0.6) is 34.5 Å². The molecule has 0 aliphatic rings. The van der Waals surface area contributed by atoms with Crippen molar-refractivity contribution in [2.45, 2.75) is 13.1 Å². The average molecular weight is 563 g/mol. The summed E-state index contributed by atoms with van der Waals surface area (Å²) in [6, 6.07) is 9.22. The Kier molecular flexibility index (Phi) is 9.37. The number of rotatable bonds is 11. The van der Waals surface area contributed by atoms with Crippen molar-refractivity contribution in [1.29, 1.82) is 0 Å². The zero-order valence-corrected chi connectivity index (χ0v) is 21.7. The Hall–Kier alpha value is -5.01. The maximum Gasteiger partial charge on any atom is 0.416 e. The number of carbonyl (C=O) groups excluding carboxylic acids is 1. The van der Waals surface area contributed by atoms with Gasteiger partial charge in [0.05, 0.1) is 44.6 Å². The number of halogens is 3. The highest BCUT2D eigenvalue weighted by molar-refractivity contribution is 5.96. The normalized spacial score (nSPS) is 11.2. The fraction of sp³-hybridized carbons (Fsp3) is 0.231. The van der Waals surface area contributed by atoms with Gasteiger partial charge >= 0.3 is 11.9 Å². The third-order valence-corrected chi connectivity index (χ3v) is 5.28. The maximum atomic E-state index is 13.0. The molecule has 0 spiro atoms. The second-order valence-electron chi connectivity index (χ2n) is 7.79. The lowest BCUT2D eigenvalue weighted by Crippen LogP contribution is -2.18.